The van der Waals surface area contributed by atoms with E-state index in [9.17, 15) is 4.79 Å². The number of fused-ring (bicyclic) bond motifs is 2. The van der Waals surface area contributed by atoms with Crippen molar-refractivity contribution in [1.29, 1.82) is 0 Å². The molecule has 0 bridgehead atoms. The van der Waals surface area contributed by atoms with Crippen LogP contribution < -0.4 is 5.32 Å². The third-order valence-corrected chi connectivity index (χ3v) is 4.07. The van der Waals surface area contributed by atoms with Gasteiger partial charge in [-0.05, 0) is 31.2 Å². The Kier molecular flexibility index (Phi) is 3.46. The molecule has 4 aromatic rings. The lowest BCUT2D eigenvalue weighted by molar-refractivity contribution is 0.102. The molecule has 1 N–H and O–H groups in total. The summed E-state index contributed by atoms with van der Waals surface area (Å²) in [6.07, 6.45) is 1.69. The fourth-order valence-electron chi connectivity index (χ4n) is 2.95. The second-order valence-electron chi connectivity index (χ2n) is 5.50. The Hall–Kier alpha value is -3.21. The molecule has 1 amide bonds. The maximum absolute atomic E-state index is 12.8. The number of aryl methyl sites for hydroxylation is 1. The van der Waals surface area contributed by atoms with Crippen molar-refractivity contribution in [1.82, 2.24) is 14.5 Å². The fraction of sp³-hybridized carbons (Fsp3) is 0.105. The van der Waals surface area contributed by atoms with Gasteiger partial charge in [0.15, 0.2) is 0 Å². The molecule has 0 aliphatic heterocycles. The predicted octanol–water partition coefficient (Wildman–Crippen LogP) is 3.86. The lowest BCUT2D eigenvalue weighted by Gasteiger charge is -2.09. The van der Waals surface area contributed by atoms with E-state index in [1.807, 2.05) is 60.0 Å². The smallest absolute Gasteiger partial charge is 0.260 e. The first-order valence-electron chi connectivity index (χ1n) is 7.88. The number of benzene rings is 2. The zero-order valence-corrected chi connectivity index (χ0v) is 13.2. The van der Waals surface area contributed by atoms with Crippen LogP contribution in [-0.4, -0.2) is 20.4 Å². The summed E-state index contributed by atoms with van der Waals surface area (Å²) in [5.41, 5.74) is 3.11. The molecule has 2 heterocycles. The number of anilines is 1. The van der Waals surface area contributed by atoms with E-state index in [2.05, 4.69) is 15.3 Å². The molecule has 0 aliphatic carbocycles. The second kappa shape index (κ2) is 5.77. The maximum Gasteiger partial charge on any atom is 0.260 e. The lowest BCUT2D eigenvalue weighted by Crippen LogP contribution is -2.16. The lowest BCUT2D eigenvalue weighted by atomic mass is 10.1. The number of rotatable bonds is 3. The van der Waals surface area contributed by atoms with Crippen molar-refractivity contribution in [3.05, 3.63) is 66.4 Å². The molecule has 5 nitrogen and oxygen atoms in total. The normalized spacial score (nSPS) is 11.0. The second-order valence-corrected chi connectivity index (χ2v) is 5.50. The molecule has 0 radical (unpaired) electrons. The molecule has 2 aromatic carbocycles. The van der Waals surface area contributed by atoms with Gasteiger partial charge in [0.25, 0.3) is 5.91 Å². The molecular weight excluding hydrogens is 300 g/mol. The molecule has 5 heteroatoms. The van der Waals surface area contributed by atoms with E-state index >= 15 is 0 Å². The first-order valence-corrected chi connectivity index (χ1v) is 7.88. The maximum atomic E-state index is 12.8. The average Bonchev–Trinajstić information content (AvgIpc) is 2.98. The number of amides is 1. The van der Waals surface area contributed by atoms with Crippen LogP contribution in [0.3, 0.4) is 0 Å². The molecule has 0 saturated carbocycles. The molecule has 0 atom stereocenters. The monoisotopic (exact) mass is 316 g/mol. The highest BCUT2D eigenvalue weighted by Gasteiger charge is 2.15. The minimum absolute atomic E-state index is 0.204. The van der Waals surface area contributed by atoms with Crippen LogP contribution in [0.5, 0.6) is 0 Å². The Labute approximate surface area is 139 Å². The number of carbonyl (C=O) groups is 1. The summed E-state index contributed by atoms with van der Waals surface area (Å²) in [6.45, 7) is 2.76. The van der Waals surface area contributed by atoms with E-state index in [0.29, 0.717) is 17.0 Å². The van der Waals surface area contributed by atoms with Gasteiger partial charge in [-0.25, -0.2) is 4.98 Å². The summed E-state index contributed by atoms with van der Waals surface area (Å²) in [5, 5.41) is 3.87. The van der Waals surface area contributed by atoms with Gasteiger partial charge < -0.3 is 4.57 Å². The third-order valence-electron chi connectivity index (χ3n) is 4.07. The van der Waals surface area contributed by atoms with Gasteiger partial charge in [0.1, 0.15) is 0 Å². The molecule has 0 unspecified atom stereocenters. The highest BCUT2D eigenvalue weighted by Crippen LogP contribution is 2.21. The van der Waals surface area contributed by atoms with Crippen LogP contribution >= 0.6 is 0 Å². The van der Waals surface area contributed by atoms with E-state index in [0.717, 1.165) is 23.0 Å². The fourth-order valence-corrected chi connectivity index (χ4v) is 2.95. The zero-order chi connectivity index (χ0) is 16.5. The van der Waals surface area contributed by atoms with Gasteiger partial charge in [-0.15, -0.1) is 0 Å². The van der Waals surface area contributed by atoms with Gasteiger partial charge >= 0.3 is 0 Å². The van der Waals surface area contributed by atoms with Gasteiger partial charge in [0.05, 0.1) is 22.1 Å². The number of aromatic nitrogens is 3. The van der Waals surface area contributed by atoms with Crippen molar-refractivity contribution in [3.8, 4) is 0 Å². The molecule has 0 saturated heterocycles. The number of nitrogens with one attached hydrogen (secondary N) is 1. The van der Waals surface area contributed by atoms with Crippen LogP contribution in [0, 0.1) is 0 Å². The van der Waals surface area contributed by atoms with Crippen molar-refractivity contribution in [2.45, 2.75) is 13.5 Å². The molecule has 24 heavy (non-hydrogen) atoms. The van der Waals surface area contributed by atoms with E-state index in [-0.39, 0.29) is 5.91 Å². The topological polar surface area (TPSA) is 59.8 Å². The number of hydrogen-bond acceptors (Lipinski definition) is 3. The molecule has 0 fully saturated rings. The summed E-state index contributed by atoms with van der Waals surface area (Å²) in [6, 6.07) is 17.2. The number of pyridine rings is 1. The van der Waals surface area contributed by atoms with Crippen LogP contribution in [0.4, 0.5) is 5.95 Å². The molecule has 0 spiro atoms. The van der Waals surface area contributed by atoms with Crippen molar-refractivity contribution < 1.29 is 4.79 Å². The van der Waals surface area contributed by atoms with Crippen molar-refractivity contribution in [3.63, 3.8) is 0 Å². The minimum atomic E-state index is -0.204. The predicted molar refractivity (Wildman–Crippen MR) is 95.1 cm³/mol. The quantitative estimate of drug-likeness (QED) is 0.624. The third kappa shape index (κ3) is 2.31. The molecule has 2 aromatic heterocycles. The van der Waals surface area contributed by atoms with Crippen LogP contribution in [0.1, 0.15) is 17.3 Å². The Morgan fingerprint density at radius 1 is 1.08 bits per heavy atom. The highest BCUT2D eigenvalue weighted by atomic mass is 16.1. The standard InChI is InChI=1S/C19H16N4O/c1-2-23-16-11-4-3-10-15(16)21-19(23)22-18(24)14-9-5-7-13-8-6-12-20-17(13)14/h3-12H,2H2,1H3,(H,21,22,24). The van der Waals surface area contributed by atoms with Crippen LogP contribution in [0.25, 0.3) is 21.9 Å². The number of carbonyl (C=O) groups excluding carboxylic acids is 1. The van der Waals surface area contributed by atoms with Gasteiger partial charge in [0.2, 0.25) is 5.95 Å². The Balaban J connectivity index is 1.76. The van der Waals surface area contributed by atoms with Crippen LogP contribution in [-0.2, 0) is 6.54 Å². The van der Waals surface area contributed by atoms with Gasteiger partial charge in [-0.2, -0.15) is 0 Å². The number of nitrogens with zero attached hydrogens (tertiary/aromatic N) is 3. The Morgan fingerprint density at radius 2 is 1.92 bits per heavy atom. The molecular formula is C19H16N4O. The summed E-state index contributed by atoms with van der Waals surface area (Å²) in [5.74, 6) is 0.348. The summed E-state index contributed by atoms with van der Waals surface area (Å²) >= 11 is 0. The van der Waals surface area contributed by atoms with Crippen molar-refractivity contribution in [2.75, 3.05) is 5.32 Å². The molecule has 118 valence electrons. The van der Waals surface area contributed by atoms with Gasteiger partial charge in [0, 0.05) is 18.1 Å². The first kappa shape index (κ1) is 14.4. The Morgan fingerprint density at radius 3 is 2.79 bits per heavy atom. The van der Waals surface area contributed by atoms with Gasteiger partial charge in [-0.1, -0.05) is 30.3 Å². The summed E-state index contributed by atoms with van der Waals surface area (Å²) in [4.78, 5) is 21.6. The SMILES string of the molecule is CCn1c(NC(=O)c2cccc3cccnc23)nc2ccccc21. The van der Waals surface area contributed by atoms with Crippen LogP contribution in [0.15, 0.2) is 60.8 Å². The largest absolute Gasteiger partial charge is 0.310 e. The Bertz CT molecular complexity index is 1050. The van der Waals surface area contributed by atoms with Crippen molar-refractivity contribution in [2.24, 2.45) is 0 Å². The average molecular weight is 316 g/mol. The summed E-state index contributed by atoms with van der Waals surface area (Å²) < 4.78 is 1.99. The number of hydrogen-bond donors (Lipinski definition) is 1. The van der Waals surface area contributed by atoms with E-state index in [1.54, 1.807) is 12.3 Å². The minimum Gasteiger partial charge on any atom is -0.310 e. The van der Waals surface area contributed by atoms with E-state index < -0.39 is 0 Å². The molecule has 0 aliphatic rings. The van der Waals surface area contributed by atoms with Crippen LogP contribution in [0.2, 0.25) is 0 Å². The van der Waals surface area contributed by atoms with E-state index in [4.69, 9.17) is 0 Å². The van der Waals surface area contributed by atoms with Gasteiger partial charge in [-0.3, -0.25) is 15.1 Å². The van der Waals surface area contributed by atoms with Crippen molar-refractivity contribution >= 4 is 33.8 Å². The number of para-hydroxylation sites is 3. The summed E-state index contributed by atoms with van der Waals surface area (Å²) in [7, 11) is 0. The first-order chi connectivity index (χ1) is 11.8. The zero-order valence-electron chi connectivity index (χ0n) is 13.2. The highest BCUT2D eigenvalue weighted by molar-refractivity contribution is 6.11. The molecule has 4 rings (SSSR count). The van der Waals surface area contributed by atoms with E-state index in [1.165, 1.54) is 0 Å². The number of imidazole rings is 1.